The van der Waals surface area contributed by atoms with Crippen LogP contribution in [0.5, 0.6) is 5.75 Å². The van der Waals surface area contributed by atoms with E-state index in [1.165, 1.54) is 6.07 Å². The van der Waals surface area contributed by atoms with E-state index in [0.29, 0.717) is 29.0 Å². The Morgan fingerprint density at radius 1 is 1.24 bits per heavy atom. The summed E-state index contributed by atoms with van der Waals surface area (Å²) in [6, 6.07) is 3.33. The molecule has 0 radical (unpaired) electrons. The molecule has 1 heterocycles. The van der Waals surface area contributed by atoms with Crippen molar-refractivity contribution in [2.75, 3.05) is 6.61 Å². The van der Waals surface area contributed by atoms with Crippen molar-refractivity contribution in [3.05, 3.63) is 34.8 Å². The normalized spacial score (nSPS) is 11.6. The molecule has 4 nitrogen and oxygen atoms in total. The maximum absolute atomic E-state index is 14.6. The van der Waals surface area contributed by atoms with Crippen LogP contribution < -0.4 is 4.74 Å². The molecular weight excluding hydrogens is 321 g/mol. The fraction of sp³-hybridized carbons (Fsp3) is 0.500. The van der Waals surface area contributed by atoms with E-state index in [2.05, 4.69) is 4.98 Å². The molecule has 25 heavy (non-hydrogen) atoms. The first-order chi connectivity index (χ1) is 11.6. The summed E-state index contributed by atoms with van der Waals surface area (Å²) in [5.41, 5.74) is 2.09. The Bertz CT molecular complexity index is 794. The van der Waals surface area contributed by atoms with Gasteiger partial charge >= 0.3 is 6.16 Å². The van der Waals surface area contributed by atoms with Gasteiger partial charge < -0.3 is 9.47 Å². The molecule has 0 N–H and O–H groups in total. The van der Waals surface area contributed by atoms with Gasteiger partial charge in [0.05, 0.1) is 6.61 Å². The Balaban J connectivity index is 2.54. The highest BCUT2D eigenvalue weighted by atomic mass is 19.1. The molecule has 0 saturated carbocycles. The zero-order valence-corrected chi connectivity index (χ0v) is 15.8. The number of carbonyl (C=O) groups excluding carboxylic acids is 1. The first-order valence-corrected chi connectivity index (χ1v) is 8.60. The lowest BCUT2D eigenvalue weighted by atomic mass is 9.86. The van der Waals surface area contributed by atoms with E-state index in [-0.39, 0.29) is 10.9 Å². The number of ether oxygens (including phenoxy) is 2. The lowest BCUT2D eigenvalue weighted by Crippen LogP contribution is -2.14. The first kappa shape index (κ1) is 19.2. The first-order valence-electron chi connectivity index (χ1n) is 8.60. The predicted molar refractivity (Wildman–Crippen MR) is 96.8 cm³/mol. The van der Waals surface area contributed by atoms with Crippen LogP contribution in [0.3, 0.4) is 0 Å². The van der Waals surface area contributed by atoms with E-state index in [0.717, 1.165) is 18.4 Å². The Morgan fingerprint density at radius 3 is 2.52 bits per heavy atom. The number of hydrogen-bond acceptors (Lipinski definition) is 4. The van der Waals surface area contributed by atoms with Crippen molar-refractivity contribution in [2.45, 2.75) is 59.8 Å². The predicted octanol–water partition coefficient (Wildman–Crippen LogP) is 5.60. The van der Waals surface area contributed by atoms with Crippen LogP contribution in [0.15, 0.2) is 12.1 Å². The van der Waals surface area contributed by atoms with E-state index < -0.39 is 12.0 Å². The average Bonchev–Trinajstić information content (AvgIpc) is 2.52. The van der Waals surface area contributed by atoms with E-state index in [9.17, 15) is 9.18 Å². The van der Waals surface area contributed by atoms with Gasteiger partial charge in [-0.15, -0.1) is 0 Å². The summed E-state index contributed by atoms with van der Waals surface area (Å²) in [5.74, 6) is -0.108. The van der Waals surface area contributed by atoms with Crippen LogP contribution in [0.1, 0.15) is 57.4 Å². The summed E-state index contributed by atoms with van der Waals surface area (Å²) in [4.78, 5) is 16.3. The number of aromatic nitrogens is 1. The molecule has 1 aromatic heterocycles. The standard InChI is InChI=1S/C20H26FNO3/c1-7-8-9-24-19(23)25-18-12(2)13(3)22-17-15(18)10-14(11-16(17)21)20(4,5)6/h10-11H,7-9H2,1-6H3. The maximum atomic E-state index is 14.6. The van der Waals surface area contributed by atoms with Gasteiger partial charge in [-0.2, -0.15) is 0 Å². The topological polar surface area (TPSA) is 48.4 Å². The molecule has 0 aliphatic carbocycles. The molecule has 136 valence electrons. The number of halogens is 1. The SMILES string of the molecule is CCCCOC(=O)Oc1c(C)c(C)nc2c(F)cc(C(C)(C)C)cc12. The average molecular weight is 347 g/mol. The fourth-order valence-electron chi connectivity index (χ4n) is 2.48. The minimum Gasteiger partial charge on any atom is -0.434 e. The number of aryl methyl sites for hydroxylation is 1. The smallest absolute Gasteiger partial charge is 0.434 e. The van der Waals surface area contributed by atoms with E-state index >= 15 is 0 Å². The Labute approximate surface area is 148 Å². The van der Waals surface area contributed by atoms with E-state index in [1.807, 2.05) is 33.8 Å². The van der Waals surface area contributed by atoms with Crippen molar-refractivity contribution < 1.29 is 18.7 Å². The molecule has 2 aromatic rings. The molecule has 1 aromatic carbocycles. The van der Waals surface area contributed by atoms with Crippen LogP contribution in [0.2, 0.25) is 0 Å². The van der Waals surface area contributed by atoms with Gasteiger partial charge in [-0.3, -0.25) is 0 Å². The van der Waals surface area contributed by atoms with Crippen LogP contribution in [0.25, 0.3) is 10.9 Å². The molecular formula is C20H26FNO3. The van der Waals surface area contributed by atoms with Gasteiger partial charge in [0.1, 0.15) is 17.1 Å². The fourth-order valence-corrected chi connectivity index (χ4v) is 2.48. The van der Waals surface area contributed by atoms with Gasteiger partial charge in [0.2, 0.25) is 0 Å². The maximum Gasteiger partial charge on any atom is 0.513 e. The van der Waals surface area contributed by atoms with Gasteiger partial charge in [-0.05, 0) is 43.4 Å². The second-order valence-electron chi connectivity index (χ2n) is 7.31. The molecule has 5 heteroatoms. The molecule has 0 aliphatic heterocycles. The third-order valence-electron chi connectivity index (χ3n) is 4.24. The molecule has 0 aliphatic rings. The quantitative estimate of drug-likeness (QED) is 0.533. The monoisotopic (exact) mass is 347 g/mol. The van der Waals surface area contributed by atoms with E-state index in [1.54, 1.807) is 13.8 Å². The molecule has 0 fully saturated rings. The number of benzene rings is 1. The molecule has 0 unspecified atom stereocenters. The number of carbonyl (C=O) groups is 1. The number of fused-ring (bicyclic) bond motifs is 1. The highest BCUT2D eigenvalue weighted by molar-refractivity contribution is 5.89. The summed E-state index contributed by atoms with van der Waals surface area (Å²) >= 11 is 0. The third kappa shape index (κ3) is 4.27. The van der Waals surface area contributed by atoms with Crippen LogP contribution in [0.4, 0.5) is 9.18 Å². The zero-order valence-electron chi connectivity index (χ0n) is 15.8. The second kappa shape index (κ2) is 7.38. The number of hydrogen-bond donors (Lipinski definition) is 0. The summed E-state index contributed by atoms with van der Waals surface area (Å²) in [6.07, 6.45) is 0.918. The van der Waals surface area contributed by atoms with Gasteiger partial charge in [-0.25, -0.2) is 14.2 Å². The van der Waals surface area contributed by atoms with Crippen LogP contribution in [-0.2, 0) is 10.2 Å². The van der Waals surface area contributed by atoms with Crippen LogP contribution in [0, 0.1) is 19.7 Å². The van der Waals surface area contributed by atoms with Crippen molar-refractivity contribution in [3.63, 3.8) is 0 Å². The zero-order chi connectivity index (χ0) is 18.8. The van der Waals surface area contributed by atoms with Crippen LogP contribution >= 0.6 is 0 Å². The van der Waals surface area contributed by atoms with Crippen molar-refractivity contribution in [2.24, 2.45) is 0 Å². The molecule has 0 spiro atoms. The summed E-state index contributed by atoms with van der Waals surface area (Å²) < 4.78 is 25.1. The van der Waals surface area contributed by atoms with E-state index in [4.69, 9.17) is 9.47 Å². The highest BCUT2D eigenvalue weighted by Crippen LogP contribution is 2.35. The van der Waals surface area contributed by atoms with Gasteiger partial charge in [0.25, 0.3) is 0 Å². The molecule has 0 bridgehead atoms. The Morgan fingerprint density at radius 2 is 1.92 bits per heavy atom. The number of nitrogens with zero attached hydrogens (tertiary/aromatic N) is 1. The molecule has 0 saturated heterocycles. The molecule has 2 rings (SSSR count). The lowest BCUT2D eigenvalue weighted by Gasteiger charge is -2.21. The number of unbranched alkanes of at least 4 members (excludes halogenated alkanes) is 1. The third-order valence-corrected chi connectivity index (χ3v) is 4.24. The summed E-state index contributed by atoms with van der Waals surface area (Å²) in [5, 5.41) is 0.487. The summed E-state index contributed by atoms with van der Waals surface area (Å²) in [7, 11) is 0. The van der Waals surface area contributed by atoms with Crippen molar-refractivity contribution in [1.82, 2.24) is 4.98 Å². The van der Waals surface area contributed by atoms with Crippen molar-refractivity contribution in [1.29, 1.82) is 0 Å². The molecule has 0 atom stereocenters. The van der Waals surface area contributed by atoms with Gasteiger partial charge in [0.15, 0.2) is 0 Å². The van der Waals surface area contributed by atoms with Gasteiger partial charge in [-0.1, -0.05) is 34.1 Å². The van der Waals surface area contributed by atoms with Crippen molar-refractivity contribution >= 4 is 17.1 Å². The van der Waals surface area contributed by atoms with Crippen molar-refractivity contribution in [3.8, 4) is 5.75 Å². The Hall–Kier alpha value is -2.17. The minimum absolute atomic E-state index is 0.201. The number of rotatable bonds is 4. The second-order valence-corrected chi connectivity index (χ2v) is 7.31. The van der Waals surface area contributed by atoms with Gasteiger partial charge in [0, 0.05) is 16.6 Å². The number of pyridine rings is 1. The minimum atomic E-state index is -0.773. The van der Waals surface area contributed by atoms with Crippen LogP contribution in [-0.4, -0.2) is 17.7 Å². The Kier molecular flexibility index (Phi) is 5.65. The highest BCUT2D eigenvalue weighted by Gasteiger charge is 2.22. The molecule has 0 amide bonds. The lowest BCUT2D eigenvalue weighted by molar-refractivity contribution is 0.0980. The summed E-state index contributed by atoms with van der Waals surface area (Å²) in [6.45, 7) is 11.9. The largest absolute Gasteiger partial charge is 0.513 e.